The Morgan fingerprint density at radius 3 is 2.03 bits per heavy atom. The number of halogens is 1. The summed E-state index contributed by atoms with van der Waals surface area (Å²) < 4.78 is 0. The number of nitrogens with one attached hydrogen (secondary N) is 3. The zero-order chi connectivity index (χ0) is 20.8. The van der Waals surface area contributed by atoms with Gasteiger partial charge >= 0.3 is 0 Å². The summed E-state index contributed by atoms with van der Waals surface area (Å²) in [7, 11) is 0. The van der Waals surface area contributed by atoms with E-state index in [1.165, 1.54) is 6.92 Å². The third-order valence-electron chi connectivity index (χ3n) is 3.96. The predicted molar refractivity (Wildman–Crippen MR) is 115 cm³/mol. The molecule has 29 heavy (non-hydrogen) atoms. The molecule has 0 saturated carbocycles. The summed E-state index contributed by atoms with van der Waals surface area (Å²) >= 11 is 6.26. The average Bonchev–Trinajstić information content (AvgIpc) is 2.70. The van der Waals surface area contributed by atoms with Gasteiger partial charge in [0.05, 0.1) is 10.7 Å². The summed E-state index contributed by atoms with van der Waals surface area (Å²) in [5.74, 6) is -0.851. The molecular weight excluding hydrogens is 390 g/mol. The van der Waals surface area contributed by atoms with Gasteiger partial charge in [-0.15, -0.1) is 0 Å². The average molecular weight is 408 g/mol. The minimum Gasteiger partial charge on any atom is -0.326 e. The number of hydrogen-bond donors (Lipinski definition) is 3. The van der Waals surface area contributed by atoms with Gasteiger partial charge in [-0.25, -0.2) is 0 Å². The molecule has 6 nitrogen and oxygen atoms in total. The van der Waals surface area contributed by atoms with Crippen LogP contribution >= 0.6 is 11.6 Å². The van der Waals surface area contributed by atoms with Crippen molar-refractivity contribution in [1.82, 2.24) is 0 Å². The Hall–Kier alpha value is -3.64. The number of anilines is 3. The van der Waals surface area contributed by atoms with E-state index in [9.17, 15) is 14.4 Å². The van der Waals surface area contributed by atoms with Gasteiger partial charge in [-0.3, -0.25) is 14.4 Å². The summed E-state index contributed by atoms with van der Waals surface area (Å²) in [6.45, 7) is 1.40. The molecule has 0 fully saturated rings. The molecule has 3 rings (SSSR count). The van der Waals surface area contributed by atoms with Crippen molar-refractivity contribution >= 4 is 46.4 Å². The fourth-order valence-corrected chi connectivity index (χ4v) is 2.85. The lowest BCUT2D eigenvalue weighted by molar-refractivity contribution is -0.114. The molecule has 3 aromatic carbocycles. The summed E-state index contributed by atoms with van der Waals surface area (Å²) in [4.78, 5) is 35.9. The van der Waals surface area contributed by atoms with Crippen molar-refractivity contribution in [3.63, 3.8) is 0 Å². The second-order valence-electron chi connectivity index (χ2n) is 6.23. The Morgan fingerprint density at radius 1 is 0.690 bits per heavy atom. The van der Waals surface area contributed by atoms with Crippen LogP contribution in [0.15, 0.2) is 72.8 Å². The van der Waals surface area contributed by atoms with Crippen LogP contribution in [0.5, 0.6) is 0 Å². The molecule has 146 valence electrons. The molecule has 3 N–H and O–H groups in total. The number of amides is 3. The topological polar surface area (TPSA) is 87.3 Å². The first-order chi connectivity index (χ1) is 13.9. The first-order valence-electron chi connectivity index (χ1n) is 8.77. The van der Waals surface area contributed by atoms with Crippen LogP contribution in [0.3, 0.4) is 0 Å². The predicted octanol–water partition coefficient (Wildman–Crippen LogP) is 4.80. The Labute approximate surface area is 172 Å². The van der Waals surface area contributed by atoms with E-state index in [0.29, 0.717) is 33.2 Å². The van der Waals surface area contributed by atoms with Gasteiger partial charge < -0.3 is 16.0 Å². The van der Waals surface area contributed by atoms with E-state index in [0.717, 1.165) is 0 Å². The lowest BCUT2D eigenvalue weighted by atomic mass is 10.1. The molecule has 0 radical (unpaired) electrons. The normalized spacial score (nSPS) is 10.1. The van der Waals surface area contributed by atoms with Gasteiger partial charge in [0.25, 0.3) is 11.8 Å². The van der Waals surface area contributed by atoms with E-state index in [1.54, 1.807) is 66.7 Å². The van der Waals surface area contributed by atoms with E-state index in [1.807, 2.05) is 6.07 Å². The smallest absolute Gasteiger partial charge is 0.255 e. The first-order valence-corrected chi connectivity index (χ1v) is 9.15. The van der Waals surface area contributed by atoms with Gasteiger partial charge in [0, 0.05) is 29.4 Å². The lowest BCUT2D eigenvalue weighted by Crippen LogP contribution is -2.14. The molecule has 0 bridgehead atoms. The fraction of sp³-hybridized carbons (Fsp3) is 0.0455. The van der Waals surface area contributed by atoms with Gasteiger partial charge in [-0.05, 0) is 48.5 Å². The fourth-order valence-electron chi connectivity index (χ4n) is 2.62. The number of benzene rings is 3. The van der Waals surface area contributed by atoms with Crippen molar-refractivity contribution in [3.8, 4) is 0 Å². The zero-order valence-corrected chi connectivity index (χ0v) is 16.3. The number of carbonyl (C=O) groups excluding carboxylic acids is 3. The molecule has 0 aliphatic carbocycles. The van der Waals surface area contributed by atoms with Crippen molar-refractivity contribution in [1.29, 1.82) is 0 Å². The highest BCUT2D eigenvalue weighted by Gasteiger charge is 2.11. The Morgan fingerprint density at radius 2 is 1.34 bits per heavy atom. The maximum Gasteiger partial charge on any atom is 0.255 e. The zero-order valence-electron chi connectivity index (χ0n) is 15.5. The number of hydrogen-bond acceptors (Lipinski definition) is 3. The summed E-state index contributed by atoms with van der Waals surface area (Å²) in [5.41, 5.74) is 2.34. The molecule has 0 atom stereocenters. The molecule has 0 aromatic heterocycles. The highest BCUT2D eigenvalue weighted by atomic mass is 35.5. The van der Waals surface area contributed by atoms with Crippen LogP contribution in [0.1, 0.15) is 27.6 Å². The first kappa shape index (κ1) is 20.1. The Balaban J connectivity index is 1.69. The number of rotatable bonds is 5. The Bertz CT molecular complexity index is 1070. The van der Waals surface area contributed by atoms with Gasteiger partial charge in [-0.2, -0.15) is 0 Å². The molecule has 7 heteroatoms. The third-order valence-corrected chi connectivity index (χ3v) is 4.27. The minimum atomic E-state index is -0.352. The second kappa shape index (κ2) is 9.03. The highest BCUT2D eigenvalue weighted by molar-refractivity contribution is 6.34. The van der Waals surface area contributed by atoms with E-state index >= 15 is 0 Å². The number of carbonyl (C=O) groups is 3. The molecule has 3 amide bonds. The van der Waals surface area contributed by atoms with Crippen LogP contribution in [0.25, 0.3) is 0 Å². The molecule has 3 aromatic rings. The van der Waals surface area contributed by atoms with Crippen molar-refractivity contribution in [2.45, 2.75) is 6.92 Å². The van der Waals surface area contributed by atoms with Crippen molar-refractivity contribution < 1.29 is 14.4 Å². The summed E-state index contributed by atoms with van der Waals surface area (Å²) in [6.07, 6.45) is 0. The second-order valence-corrected chi connectivity index (χ2v) is 6.64. The maximum atomic E-state index is 12.5. The van der Waals surface area contributed by atoms with Gasteiger partial charge in [0.15, 0.2) is 0 Å². The van der Waals surface area contributed by atoms with E-state index in [4.69, 9.17) is 11.6 Å². The van der Waals surface area contributed by atoms with Crippen LogP contribution in [0, 0.1) is 0 Å². The third kappa shape index (κ3) is 5.43. The van der Waals surface area contributed by atoms with Crippen molar-refractivity contribution in [2.24, 2.45) is 0 Å². The molecule has 0 spiro atoms. The van der Waals surface area contributed by atoms with Crippen LogP contribution in [0.4, 0.5) is 17.1 Å². The molecule has 0 saturated heterocycles. The SMILES string of the molecule is CC(=O)Nc1cccc(C(=O)Nc2ccc(NC(=O)c3ccccc3)c(Cl)c2)c1. The van der Waals surface area contributed by atoms with Crippen molar-refractivity contribution in [3.05, 3.63) is 88.9 Å². The lowest BCUT2D eigenvalue weighted by Gasteiger charge is -2.11. The largest absolute Gasteiger partial charge is 0.326 e. The monoisotopic (exact) mass is 407 g/mol. The van der Waals surface area contributed by atoms with Gasteiger partial charge in [0.2, 0.25) is 5.91 Å². The molecule has 0 aliphatic heterocycles. The maximum absolute atomic E-state index is 12.5. The quantitative estimate of drug-likeness (QED) is 0.567. The molecule has 0 aliphatic rings. The summed E-state index contributed by atoms with van der Waals surface area (Å²) in [6, 6.07) is 20.2. The molecular formula is C22H18ClN3O3. The summed E-state index contributed by atoms with van der Waals surface area (Å²) in [5, 5.41) is 8.41. The molecule has 0 heterocycles. The minimum absolute atomic E-state index is 0.220. The Kier molecular flexibility index (Phi) is 6.26. The van der Waals surface area contributed by atoms with Crippen LogP contribution in [-0.4, -0.2) is 17.7 Å². The highest BCUT2D eigenvalue weighted by Crippen LogP contribution is 2.26. The van der Waals surface area contributed by atoms with E-state index in [2.05, 4.69) is 16.0 Å². The van der Waals surface area contributed by atoms with Crippen molar-refractivity contribution in [2.75, 3.05) is 16.0 Å². The van der Waals surface area contributed by atoms with Gasteiger partial charge in [0.1, 0.15) is 0 Å². The van der Waals surface area contributed by atoms with E-state index in [-0.39, 0.29) is 17.7 Å². The van der Waals surface area contributed by atoms with E-state index < -0.39 is 0 Å². The van der Waals surface area contributed by atoms with Crippen LogP contribution < -0.4 is 16.0 Å². The van der Waals surface area contributed by atoms with Crippen LogP contribution in [-0.2, 0) is 4.79 Å². The van der Waals surface area contributed by atoms with Crippen LogP contribution in [0.2, 0.25) is 5.02 Å². The standard InChI is InChI=1S/C22H18ClN3O3/c1-14(27)24-17-9-5-8-16(12-17)22(29)25-18-10-11-20(19(23)13-18)26-21(28)15-6-3-2-4-7-15/h2-13H,1H3,(H,24,27)(H,25,29)(H,26,28). The molecule has 0 unspecified atom stereocenters. The van der Waals surface area contributed by atoms with Gasteiger partial charge in [-0.1, -0.05) is 35.9 Å².